The predicted molar refractivity (Wildman–Crippen MR) is 107 cm³/mol. The summed E-state index contributed by atoms with van der Waals surface area (Å²) in [5.74, 6) is -2.33. The molecular formula is C22H22N2O5. The van der Waals surface area contributed by atoms with Crippen LogP contribution in [0.3, 0.4) is 0 Å². The van der Waals surface area contributed by atoms with Gasteiger partial charge in [0.25, 0.3) is 17.7 Å². The second-order valence-electron chi connectivity index (χ2n) is 7.02. The third-order valence-electron chi connectivity index (χ3n) is 4.92. The van der Waals surface area contributed by atoms with Gasteiger partial charge < -0.3 is 9.64 Å². The first-order valence-corrected chi connectivity index (χ1v) is 9.24. The second kappa shape index (κ2) is 7.87. The van der Waals surface area contributed by atoms with Gasteiger partial charge in [0.2, 0.25) is 0 Å². The number of rotatable bonds is 5. The number of fused-ring (bicyclic) bond motifs is 1. The van der Waals surface area contributed by atoms with Crippen LogP contribution in [0, 0.1) is 6.92 Å². The molecule has 1 aliphatic heterocycles. The summed E-state index contributed by atoms with van der Waals surface area (Å²) in [5.41, 5.74) is 2.02. The molecule has 150 valence electrons. The van der Waals surface area contributed by atoms with Crippen molar-refractivity contribution in [1.82, 2.24) is 4.90 Å². The van der Waals surface area contributed by atoms with E-state index in [0.29, 0.717) is 5.69 Å². The van der Waals surface area contributed by atoms with Gasteiger partial charge >= 0.3 is 5.97 Å². The van der Waals surface area contributed by atoms with Crippen molar-refractivity contribution in [3.05, 3.63) is 65.2 Å². The number of amides is 3. The van der Waals surface area contributed by atoms with Gasteiger partial charge in [-0.3, -0.25) is 19.3 Å². The standard InChI is InChI=1S/C22H22N2O5/c1-13-10-11-17-18(12-13)21(27)24(20(17)26)14(2)22(28)29-15(3)19(25)23(4)16-8-6-5-7-9-16/h5-12,14-15H,1-4H3. The number of carbonyl (C=O) groups excluding carboxylic acids is 4. The highest BCUT2D eigenvalue weighted by molar-refractivity contribution is 6.22. The highest BCUT2D eigenvalue weighted by Crippen LogP contribution is 2.26. The predicted octanol–water partition coefficient (Wildman–Crippen LogP) is 2.57. The van der Waals surface area contributed by atoms with Crippen LogP contribution in [0.25, 0.3) is 0 Å². The van der Waals surface area contributed by atoms with Gasteiger partial charge in [-0.1, -0.05) is 29.8 Å². The van der Waals surface area contributed by atoms with Crippen LogP contribution in [0.2, 0.25) is 0 Å². The van der Waals surface area contributed by atoms with E-state index in [-0.39, 0.29) is 11.1 Å². The van der Waals surface area contributed by atoms with Crippen LogP contribution in [0.1, 0.15) is 40.1 Å². The number of imide groups is 1. The Morgan fingerprint density at radius 2 is 1.59 bits per heavy atom. The van der Waals surface area contributed by atoms with Gasteiger partial charge in [-0.25, -0.2) is 4.79 Å². The average Bonchev–Trinajstić information content (AvgIpc) is 2.96. The summed E-state index contributed by atoms with van der Waals surface area (Å²) in [6.45, 7) is 4.68. The lowest BCUT2D eigenvalue weighted by Crippen LogP contribution is -2.46. The second-order valence-corrected chi connectivity index (χ2v) is 7.02. The number of benzene rings is 2. The lowest BCUT2D eigenvalue weighted by Gasteiger charge is -2.25. The van der Waals surface area contributed by atoms with Gasteiger partial charge in [0.15, 0.2) is 6.10 Å². The van der Waals surface area contributed by atoms with Crippen molar-refractivity contribution in [2.45, 2.75) is 32.9 Å². The Bertz CT molecular complexity index is 986. The minimum absolute atomic E-state index is 0.258. The number of hydrogen-bond donors (Lipinski definition) is 0. The third kappa shape index (κ3) is 3.76. The zero-order valence-corrected chi connectivity index (χ0v) is 16.7. The SMILES string of the molecule is Cc1ccc2c(c1)C(=O)N(C(C)C(=O)OC(C)C(=O)N(C)c1ccccc1)C2=O. The van der Waals surface area contributed by atoms with Crippen LogP contribution < -0.4 is 4.90 Å². The number of ether oxygens (including phenoxy) is 1. The van der Waals surface area contributed by atoms with Crippen molar-refractivity contribution in [3.8, 4) is 0 Å². The summed E-state index contributed by atoms with van der Waals surface area (Å²) in [7, 11) is 1.58. The fourth-order valence-electron chi connectivity index (χ4n) is 3.21. The molecule has 0 radical (unpaired) electrons. The molecule has 0 aromatic heterocycles. The summed E-state index contributed by atoms with van der Waals surface area (Å²) in [4.78, 5) is 52.6. The van der Waals surface area contributed by atoms with E-state index in [2.05, 4.69) is 0 Å². The quantitative estimate of drug-likeness (QED) is 0.575. The Morgan fingerprint density at radius 3 is 2.24 bits per heavy atom. The molecule has 2 aromatic rings. The first-order chi connectivity index (χ1) is 13.7. The van der Waals surface area contributed by atoms with Crippen molar-refractivity contribution >= 4 is 29.4 Å². The highest BCUT2D eigenvalue weighted by atomic mass is 16.5. The molecule has 7 nitrogen and oxygen atoms in total. The van der Waals surface area contributed by atoms with Crippen LogP contribution in [0.4, 0.5) is 5.69 Å². The summed E-state index contributed by atoms with van der Waals surface area (Å²) in [5, 5.41) is 0. The van der Waals surface area contributed by atoms with Crippen LogP contribution in [0.5, 0.6) is 0 Å². The Morgan fingerprint density at radius 1 is 0.966 bits per heavy atom. The number of nitrogens with zero attached hydrogens (tertiary/aromatic N) is 2. The fourth-order valence-corrected chi connectivity index (χ4v) is 3.21. The van der Waals surface area contributed by atoms with Crippen molar-refractivity contribution in [2.75, 3.05) is 11.9 Å². The Labute approximate surface area is 168 Å². The first kappa shape index (κ1) is 20.3. The van der Waals surface area contributed by atoms with E-state index in [1.807, 2.05) is 13.0 Å². The maximum atomic E-state index is 12.6. The van der Waals surface area contributed by atoms with Gasteiger partial charge in [-0.05, 0) is 45.0 Å². The number of esters is 1. The number of anilines is 1. The van der Waals surface area contributed by atoms with Crippen LogP contribution in [-0.2, 0) is 14.3 Å². The highest BCUT2D eigenvalue weighted by Gasteiger charge is 2.42. The number of aryl methyl sites for hydroxylation is 1. The zero-order chi connectivity index (χ0) is 21.3. The van der Waals surface area contributed by atoms with Gasteiger partial charge in [0.05, 0.1) is 11.1 Å². The molecule has 1 heterocycles. The molecule has 3 rings (SSSR count). The monoisotopic (exact) mass is 394 g/mol. The van der Waals surface area contributed by atoms with Gasteiger partial charge in [0, 0.05) is 12.7 Å². The molecule has 0 N–H and O–H groups in total. The van der Waals surface area contributed by atoms with Crippen molar-refractivity contribution < 1.29 is 23.9 Å². The van der Waals surface area contributed by atoms with E-state index in [1.54, 1.807) is 49.5 Å². The molecule has 3 amide bonds. The zero-order valence-electron chi connectivity index (χ0n) is 16.7. The van der Waals surface area contributed by atoms with Crippen molar-refractivity contribution in [2.24, 2.45) is 0 Å². The number of carbonyl (C=O) groups is 4. The third-order valence-corrected chi connectivity index (χ3v) is 4.92. The minimum atomic E-state index is -1.15. The summed E-state index contributed by atoms with van der Waals surface area (Å²) < 4.78 is 5.27. The number of hydrogen-bond acceptors (Lipinski definition) is 5. The molecule has 29 heavy (non-hydrogen) atoms. The normalized spacial score (nSPS) is 15.0. The topological polar surface area (TPSA) is 84.0 Å². The van der Waals surface area contributed by atoms with E-state index in [9.17, 15) is 19.2 Å². The number of para-hydroxylation sites is 1. The first-order valence-electron chi connectivity index (χ1n) is 9.24. The van der Waals surface area contributed by atoms with Crippen LogP contribution in [0.15, 0.2) is 48.5 Å². The van der Waals surface area contributed by atoms with E-state index in [4.69, 9.17) is 4.74 Å². The Hall–Kier alpha value is -3.48. The molecule has 2 atom stereocenters. The molecule has 1 aliphatic rings. The molecule has 0 saturated carbocycles. The molecule has 2 aromatic carbocycles. The smallest absolute Gasteiger partial charge is 0.329 e. The molecule has 0 fully saturated rings. The van der Waals surface area contributed by atoms with Crippen LogP contribution >= 0.6 is 0 Å². The summed E-state index contributed by atoms with van der Waals surface area (Å²) >= 11 is 0. The molecule has 2 unspecified atom stereocenters. The van der Waals surface area contributed by atoms with Gasteiger partial charge in [-0.2, -0.15) is 0 Å². The number of likely N-dealkylation sites (N-methyl/N-ethyl adjacent to an activating group) is 1. The fraction of sp³-hybridized carbons (Fsp3) is 0.273. The molecule has 0 bridgehead atoms. The Balaban J connectivity index is 1.70. The van der Waals surface area contributed by atoms with Crippen molar-refractivity contribution in [3.63, 3.8) is 0 Å². The lowest BCUT2D eigenvalue weighted by molar-refractivity contribution is -0.157. The lowest BCUT2D eigenvalue weighted by atomic mass is 10.1. The maximum absolute atomic E-state index is 12.6. The van der Waals surface area contributed by atoms with Crippen LogP contribution in [-0.4, -0.2) is 47.8 Å². The van der Waals surface area contributed by atoms with Crippen molar-refractivity contribution in [1.29, 1.82) is 0 Å². The van der Waals surface area contributed by atoms with E-state index in [0.717, 1.165) is 10.5 Å². The van der Waals surface area contributed by atoms with Gasteiger partial charge in [-0.15, -0.1) is 0 Å². The maximum Gasteiger partial charge on any atom is 0.329 e. The summed E-state index contributed by atoms with van der Waals surface area (Å²) in [6.07, 6.45) is -1.08. The van der Waals surface area contributed by atoms with Gasteiger partial charge in [0.1, 0.15) is 6.04 Å². The largest absolute Gasteiger partial charge is 0.451 e. The molecular weight excluding hydrogens is 372 g/mol. The average molecular weight is 394 g/mol. The Kier molecular flexibility index (Phi) is 5.50. The summed E-state index contributed by atoms with van der Waals surface area (Å²) in [6, 6.07) is 12.7. The molecule has 0 spiro atoms. The molecule has 0 aliphatic carbocycles. The van der Waals surface area contributed by atoms with E-state index < -0.39 is 35.8 Å². The molecule has 7 heteroatoms. The minimum Gasteiger partial charge on any atom is -0.451 e. The van der Waals surface area contributed by atoms with E-state index >= 15 is 0 Å². The molecule has 0 saturated heterocycles. The van der Waals surface area contributed by atoms with E-state index in [1.165, 1.54) is 18.7 Å².